The van der Waals surface area contributed by atoms with E-state index in [1.54, 1.807) is 0 Å². The minimum absolute atomic E-state index is 0.684. The molecule has 0 spiro atoms. The van der Waals surface area contributed by atoms with Crippen LogP contribution in [0.25, 0.3) is 0 Å². The predicted molar refractivity (Wildman–Crippen MR) is 54.0 cm³/mol. The number of hydrogen-bond acceptors (Lipinski definition) is 4. The second-order valence-electron chi connectivity index (χ2n) is 3.54. The summed E-state index contributed by atoms with van der Waals surface area (Å²) in [6, 6.07) is 0. The van der Waals surface area contributed by atoms with Gasteiger partial charge in [-0.05, 0) is 14.1 Å². The number of nitrogens with one attached hydrogen (secondary N) is 1. The highest BCUT2D eigenvalue weighted by Gasteiger charge is 2.05. The molecule has 1 aliphatic rings. The molecule has 13 heavy (non-hydrogen) atoms. The van der Waals surface area contributed by atoms with Crippen molar-refractivity contribution < 1.29 is 4.84 Å². The summed E-state index contributed by atoms with van der Waals surface area (Å²) in [5.74, 6) is 0. The van der Waals surface area contributed by atoms with Crippen LogP contribution in [0.4, 0.5) is 0 Å². The lowest BCUT2D eigenvalue weighted by atomic mass is 10.1. The molecular formula is C9H19N3O. The molecule has 0 aliphatic carbocycles. The third-order valence-electron chi connectivity index (χ3n) is 2.00. The Morgan fingerprint density at radius 2 is 2.08 bits per heavy atom. The van der Waals surface area contributed by atoms with Gasteiger partial charge in [0.15, 0.2) is 0 Å². The summed E-state index contributed by atoms with van der Waals surface area (Å²) in [7, 11) is 4.06. The minimum Gasteiger partial charge on any atom is -0.394 e. The Hall–Kier alpha value is -0.610. The Kier molecular flexibility index (Phi) is 4.78. The molecule has 4 nitrogen and oxygen atoms in total. The van der Waals surface area contributed by atoms with E-state index in [9.17, 15) is 0 Å². The lowest BCUT2D eigenvalue weighted by Crippen LogP contribution is -2.28. The van der Waals surface area contributed by atoms with Crippen molar-refractivity contribution in [2.24, 2.45) is 5.16 Å². The second-order valence-corrected chi connectivity index (χ2v) is 3.54. The highest BCUT2D eigenvalue weighted by Crippen LogP contribution is 1.98. The summed E-state index contributed by atoms with van der Waals surface area (Å²) in [5, 5.41) is 7.38. The maximum Gasteiger partial charge on any atom is 0.129 e. The van der Waals surface area contributed by atoms with Gasteiger partial charge in [0.2, 0.25) is 0 Å². The maximum absolute atomic E-state index is 5.20. The molecule has 0 amide bonds. The average molecular weight is 185 g/mol. The van der Waals surface area contributed by atoms with E-state index in [1.165, 1.54) is 5.71 Å². The topological polar surface area (TPSA) is 36.9 Å². The summed E-state index contributed by atoms with van der Waals surface area (Å²) >= 11 is 0. The van der Waals surface area contributed by atoms with Crippen LogP contribution in [0.15, 0.2) is 5.16 Å². The van der Waals surface area contributed by atoms with Crippen molar-refractivity contribution >= 4 is 5.71 Å². The van der Waals surface area contributed by atoms with E-state index in [0.717, 1.165) is 32.5 Å². The molecule has 0 aromatic rings. The average Bonchev–Trinajstić information content (AvgIpc) is 2.14. The summed E-state index contributed by atoms with van der Waals surface area (Å²) in [4.78, 5) is 7.29. The van der Waals surface area contributed by atoms with Gasteiger partial charge in [0.05, 0.1) is 5.71 Å². The molecule has 1 saturated heterocycles. The molecule has 76 valence electrons. The molecule has 0 aromatic heterocycles. The summed E-state index contributed by atoms with van der Waals surface area (Å²) in [5.41, 5.74) is 1.19. The van der Waals surface area contributed by atoms with Crippen molar-refractivity contribution in [2.45, 2.75) is 12.8 Å². The standard InChI is InChI=1S/C9H19N3O/c1-12(2)7-8-13-11-9-3-5-10-6-4-9/h10H,3-8H2,1-2H3. The van der Waals surface area contributed by atoms with Crippen molar-refractivity contribution in [1.29, 1.82) is 0 Å². The first-order chi connectivity index (χ1) is 6.29. The Morgan fingerprint density at radius 3 is 2.69 bits per heavy atom. The molecule has 1 fully saturated rings. The minimum atomic E-state index is 0.684. The molecule has 1 rings (SSSR count). The molecule has 1 N–H and O–H groups in total. The highest BCUT2D eigenvalue weighted by atomic mass is 16.6. The van der Waals surface area contributed by atoms with Gasteiger partial charge in [0, 0.05) is 32.5 Å². The van der Waals surface area contributed by atoms with E-state index >= 15 is 0 Å². The van der Waals surface area contributed by atoms with Gasteiger partial charge in [0.25, 0.3) is 0 Å². The predicted octanol–water partition coefficient (Wildman–Crippen LogP) is 0.304. The Bertz CT molecular complexity index is 160. The Balaban J connectivity index is 2.08. The van der Waals surface area contributed by atoms with E-state index in [1.807, 2.05) is 14.1 Å². The largest absolute Gasteiger partial charge is 0.394 e. The molecule has 0 bridgehead atoms. The molecule has 0 aromatic carbocycles. The van der Waals surface area contributed by atoms with E-state index in [4.69, 9.17) is 4.84 Å². The van der Waals surface area contributed by atoms with Gasteiger partial charge in [0.1, 0.15) is 6.61 Å². The zero-order valence-electron chi connectivity index (χ0n) is 8.55. The molecule has 1 heterocycles. The number of hydrogen-bond donors (Lipinski definition) is 1. The van der Waals surface area contributed by atoms with E-state index in [-0.39, 0.29) is 0 Å². The van der Waals surface area contributed by atoms with Gasteiger partial charge in [-0.1, -0.05) is 5.16 Å². The van der Waals surface area contributed by atoms with Gasteiger partial charge in [-0.3, -0.25) is 0 Å². The smallest absolute Gasteiger partial charge is 0.129 e. The Morgan fingerprint density at radius 1 is 1.38 bits per heavy atom. The van der Waals surface area contributed by atoms with Crippen molar-refractivity contribution in [2.75, 3.05) is 40.3 Å². The highest BCUT2D eigenvalue weighted by molar-refractivity contribution is 5.84. The molecule has 0 saturated carbocycles. The number of piperidine rings is 1. The van der Waals surface area contributed by atoms with Gasteiger partial charge in [-0.15, -0.1) is 0 Å². The van der Waals surface area contributed by atoms with Crippen LogP contribution < -0.4 is 5.32 Å². The second kappa shape index (κ2) is 5.94. The maximum atomic E-state index is 5.20. The van der Waals surface area contributed by atoms with Crippen LogP contribution in [0.5, 0.6) is 0 Å². The normalized spacial score (nSPS) is 17.6. The number of rotatable bonds is 4. The third kappa shape index (κ3) is 4.85. The fourth-order valence-corrected chi connectivity index (χ4v) is 1.17. The van der Waals surface area contributed by atoms with E-state index in [0.29, 0.717) is 6.61 Å². The van der Waals surface area contributed by atoms with Crippen LogP contribution in [0.1, 0.15) is 12.8 Å². The quantitative estimate of drug-likeness (QED) is 0.506. The van der Waals surface area contributed by atoms with Crippen LogP contribution in [0, 0.1) is 0 Å². The van der Waals surface area contributed by atoms with Crippen molar-refractivity contribution in [3.63, 3.8) is 0 Å². The van der Waals surface area contributed by atoms with Crippen LogP contribution in [-0.2, 0) is 4.84 Å². The van der Waals surface area contributed by atoms with E-state index in [2.05, 4.69) is 15.4 Å². The van der Waals surface area contributed by atoms with Crippen LogP contribution >= 0.6 is 0 Å². The summed E-state index contributed by atoms with van der Waals surface area (Å²) in [6.45, 7) is 3.69. The monoisotopic (exact) mass is 185 g/mol. The zero-order chi connectivity index (χ0) is 9.52. The lowest BCUT2D eigenvalue weighted by Gasteiger charge is -2.13. The number of oxime groups is 1. The summed E-state index contributed by atoms with van der Waals surface area (Å²) in [6.07, 6.45) is 2.06. The third-order valence-corrected chi connectivity index (χ3v) is 2.00. The van der Waals surface area contributed by atoms with Gasteiger partial charge < -0.3 is 15.1 Å². The Labute approximate surface area is 79.9 Å². The van der Waals surface area contributed by atoms with Gasteiger partial charge in [-0.2, -0.15) is 0 Å². The first-order valence-corrected chi connectivity index (χ1v) is 4.82. The lowest BCUT2D eigenvalue weighted by molar-refractivity contribution is 0.124. The van der Waals surface area contributed by atoms with Crippen molar-refractivity contribution in [1.82, 2.24) is 10.2 Å². The van der Waals surface area contributed by atoms with Crippen LogP contribution in [0.3, 0.4) is 0 Å². The molecule has 0 unspecified atom stereocenters. The fraction of sp³-hybridized carbons (Fsp3) is 0.889. The van der Waals surface area contributed by atoms with Crippen molar-refractivity contribution in [3.05, 3.63) is 0 Å². The molecule has 0 atom stereocenters. The number of nitrogens with zero attached hydrogens (tertiary/aromatic N) is 2. The first-order valence-electron chi connectivity index (χ1n) is 4.82. The SMILES string of the molecule is CN(C)CCON=C1CCNCC1. The molecule has 4 heteroatoms. The fourth-order valence-electron chi connectivity index (χ4n) is 1.17. The number of likely N-dealkylation sites (N-methyl/N-ethyl adjacent to an activating group) is 1. The van der Waals surface area contributed by atoms with Crippen molar-refractivity contribution in [3.8, 4) is 0 Å². The van der Waals surface area contributed by atoms with Crippen LogP contribution in [0.2, 0.25) is 0 Å². The van der Waals surface area contributed by atoms with E-state index < -0.39 is 0 Å². The van der Waals surface area contributed by atoms with Gasteiger partial charge in [-0.25, -0.2) is 0 Å². The van der Waals surface area contributed by atoms with Gasteiger partial charge >= 0.3 is 0 Å². The first kappa shape index (κ1) is 10.5. The molecule has 1 aliphatic heterocycles. The molecular weight excluding hydrogens is 166 g/mol. The van der Waals surface area contributed by atoms with Crippen LogP contribution in [-0.4, -0.2) is 50.9 Å². The molecule has 0 radical (unpaired) electrons. The zero-order valence-corrected chi connectivity index (χ0v) is 8.55. The summed E-state index contributed by atoms with van der Waals surface area (Å²) < 4.78 is 0.